The fraction of sp³-hybridized carbons (Fsp3) is 0.467. The van der Waals surface area contributed by atoms with Crippen LogP contribution < -0.4 is 5.32 Å². The average molecular weight is 292 g/mol. The van der Waals surface area contributed by atoms with E-state index in [1.54, 1.807) is 6.20 Å². The van der Waals surface area contributed by atoms with Gasteiger partial charge in [-0.15, -0.1) is 0 Å². The number of hydrogen-bond acceptors (Lipinski definition) is 2. The SMILES string of the molecule is Cc1cn(C)c2ncc(C(=O)NC3CCCC3)c(Cl)c12. The number of aromatic nitrogens is 2. The van der Waals surface area contributed by atoms with Crippen molar-refractivity contribution >= 4 is 28.5 Å². The van der Waals surface area contributed by atoms with E-state index in [2.05, 4.69) is 10.3 Å². The lowest BCUT2D eigenvalue weighted by Crippen LogP contribution is -2.32. The van der Waals surface area contributed by atoms with Crippen molar-refractivity contribution in [3.8, 4) is 0 Å². The summed E-state index contributed by atoms with van der Waals surface area (Å²) in [6, 6.07) is 0.283. The molecule has 4 nitrogen and oxygen atoms in total. The summed E-state index contributed by atoms with van der Waals surface area (Å²) < 4.78 is 1.93. The van der Waals surface area contributed by atoms with Crippen LogP contribution in [0.25, 0.3) is 11.0 Å². The molecular formula is C15H18ClN3O. The van der Waals surface area contributed by atoms with Gasteiger partial charge >= 0.3 is 0 Å². The number of pyridine rings is 1. The van der Waals surface area contributed by atoms with Gasteiger partial charge in [-0.3, -0.25) is 4.79 Å². The molecule has 1 aliphatic rings. The van der Waals surface area contributed by atoms with Gasteiger partial charge in [0.1, 0.15) is 5.65 Å². The Kier molecular flexibility index (Phi) is 3.42. The number of amides is 1. The second kappa shape index (κ2) is 5.09. The zero-order valence-electron chi connectivity index (χ0n) is 11.7. The first-order valence-corrected chi connectivity index (χ1v) is 7.36. The van der Waals surface area contributed by atoms with Crippen LogP contribution in [0.4, 0.5) is 0 Å². The molecule has 1 fully saturated rings. The maximum Gasteiger partial charge on any atom is 0.254 e. The van der Waals surface area contributed by atoms with E-state index < -0.39 is 0 Å². The molecule has 0 aromatic carbocycles. The lowest BCUT2D eigenvalue weighted by molar-refractivity contribution is 0.0938. The van der Waals surface area contributed by atoms with E-state index in [0.29, 0.717) is 10.6 Å². The van der Waals surface area contributed by atoms with Crippen molar-refractivity contribution in [3.63, 3.8) is 0 Å². The van der Waals surface area contributed by atoms with Gasteiger partial charge in [0, 0.05) is 30.9 Å². The Morgan fingerprint density at radius 2 is 2.15 bits per heavy atom. The summed E-state index contributed by atoms with van der Waals surface area (Å²) in [7, 11) is 1.93. The molecule has 2 aromatic heterocycles. The van der Waals surface area contributed by atoms with E-state index in [1.165, 1.54) is 12.8 Å². The minimum Gasteiger partial charge on any atom is -0.349 e. The molecule has 20 heavy (non-hydrogen) atoms. The maximum absolute atomic E-state index is 12.3. The Balaban J connectivity index is 1.97. The molecule has 0 aliphatic heterocycles. The van der Waals surface area contributed by atoms with Gasteiger partial charge in [0.25, 0.3) is 5.91 Å². The number of fused-ring (bicyclic) bond motifs is 1. The van der Waals surface area contributed by atoms with Gasteiger partial charge in [0.2, 0.25) is 0 Å². The fourth-order valence-corrected chi connectivity index (χ4v) is 3.37. The van der Waals surface area contributed by atoms with Gasteiger partial charge in [0.05, 0.1) is 10.6 Å². The van der Waals surface area contributed by atoms with Crippen LogP contribution >= 0.6 is 11.6 Å². The second-order valence-corrected chi connectivity index (χ2v) is 5.94. The van der Waals surface area contributed by atoms with Crippen molar-refractivity contribution in [1.82, 2.24) is 14.9 Å². The number of hydrogen-bond donors (Lipinski definition) is 1. The summed E-state index contributed by atoms with van der Waals surface area (Å²) in [5, 5.41) is 4.43. The van der Waals surface area contributed by atoms with Crippen LogP contribution in [0.15, 0.2) is 12.4 Å². The van der Waals surface area contributed by atoms with E-state index in [9.17, 15) is 4.79 Å². The number of carbonyl (C=O) groups is 1. The second-order valence-electron chi connectivity index (χ2n) is 5.56. The molecular weight excluding hydrogens is 274 g/mol. The predicted octanol–water partition coefficient (Wildman–Crippen LogP) is 3.21. The third-order valence-electron chi connectivity index (χ3n) is 4.05. The van der Waals surface area contributed by atoms with Crippen LogP contribution in [0.2, 0.25) is 5.02 Å². The number of nitrogens with zero attached hydrogens (tertiary/aromatic N) is 2. The summed E-state index contributed by atoms with van der Waals surface area (Å²) in [4.78, 5) is 16.7. The summed E-state index contributed by atoms with van der Waals surface area (Å²) in [6.07, 6.45) is 8.05. The summed E-state index contributed by atoms with van der Waals surface area (Å²) in [5.41, 5.74) is 2.32. The molecule has 1 amide bonds. The molecule has 5 heteroatoms. The van der Waals surface area contributed by atoms with Crippen LogP contribution in [0.5, 0.6) is 0 Å². The Bertz CT molecular complexity index is 671. The minimum atomic E-state index is -0.112. The molecule has 0 atom stereocenters. The molecule has 1 aliphatic carbocycles. The predicted molar refractivity (Wildman–Crippen MR) is 80.2 cm³/mol. The third kappa shape index (κ3) is 2.18. The van der Waals surface area contributed by atoms with Crippen molar-refractivity contribution in [2.75, 3.05) is 0 Å². The Labute approximate surface area is 123 Å². The van der Waals surface area contributed by atoms with Gasteiger partial charge in [-0.25, -0.2) is 4.98 Å². The first-order chi connectivity index (χ1) is 9.58. The van der Waals surface area contributed by atoms with Crippen molar-refractivity contribution in [3.05, 3.63) is 28.5 Å². The van der Waals surface area contributed by atoms with Gasteiger partial charge in [-0.05, 0) is 25.3 Å². The number of halogens is 1. The van der Waals surface area contributed by atoms with E-state index in [1.807, 2.05) is 24.7 Å². The van der Waals surface area contributed by atoms with Crippen LogP contribution in [0.1, 0.15) is 41.6 Å². The standard InChI is InChI=1S/C15H18ClN3O/c1-9-8-19(2)14-12(9)13(16)11(7-17-14)15(20)18-10-5-3-4-6-10/h7-8,10H,3-6H2,1-2H3,(H,18,20). The molecule has 3 rings (SSSR count). The van der Waals surface area contributed by atoms with Crippen molar-refractivity contribution < 1.29 is 4.79 Å². The molecule has 1 saturated carbocycles. The van der Waals surface area contributed by atoms with Crippen LogP contribution in [-0.4, -0.2) is 21.5 Å². The number of rotatable bonds is 2. The Hall–Kier alpha value is -1.55. The van der Waals surface area contributed by atoms with Crippen molar-refractivity contribution in [2.45, 2.75) is 38.6 Å². The quantitative estimate of drug-likeness (QED) is 0.923. The molecule has 2 aromatic rings. The Morgan fingerprint density at radius 1 is 1.45 bits per heavy atom. The fourth-order valence-electron chi connectivity index (χ4n) is 3.00. The highest BCUT2D eigenvalue weighted by Gasteiger charge is 2.21. The monoisotopic (exact) mass is 291 g/mol. The van der Waals surface area contributed by atoms with Gasteiger partial charge in [-0.1, -0.05) is 24.4 Å². The molecule has 1 N–H and O–H groups in total. The van der Waals surface area contributed by atoms with Crippen LogP contribution in [-0.2, 0) is 7.05 Å². The first kappa shape index (κ1) is 13.4. The van der Waals surface area contributed by atoms with Gasteiger partial charge in [-0.2, -0.15) is 0 Å². The molecule has 0 radical (unpaired) electrons. The highest BCUT2D eigenvalue weighted by atomic mass is 35.5. The largest absolute Gasteiger partial charge is 0.349 e. The molecule has 0 saturated heterocycles. The summed E-state index contributed by atoms with van der Waals surface area (Å²) in [5.74, 6) is -0.112. The van der Waals surface area contributed by atoms with E-state index in [0.717, 1.165) is 29.4 Å². The molecule has 0 spiro atoms. The first-order valence-electron chi connectivity index (χ1n) is 6.99. The van der Waals surface area contributed by atoms with Crippen molar-refractivity contribution in [2.24, 2.45) is 7.05 Å². The maximum atomic E-state index is 12.3. The zero-order valence-corrected chi connectivity index (χ0v) is 12.5. The topological polar surface area (TPSA) is 46.9 Å². The van der Waals surface area contributed by atoms with Crippen LogP contribution in [0, 0.1) is 6.92 Å². The zero-order chi connectivity index (χ0) is 14.3. The van der Waals surface area contributed by atoms with E-state index >= 15 is 0 Å². The number of aryl methyl sites for hydroxylation is 2. The molecule has 106 valence electrons. The molecule has 2 heterocycles. The van der Waals surface area contributed by atoms with Gasteiger partial charge in [0.15, 0.2) is 0 Å². The smallest absolute Gasteiger partial charge is 0.254 e. The van der Waals surface area contributed by atoms with Crippen molar-refractivity contribution in [1.29, 1.82) is 0 Å². The number of nitrogens with one attached hydrogen (secondary N) is 1. The van der Waals surface area contributed by atoms with E-state index in [-0.39, 0.29) is 11.9 Å². The highest BCUT2D eigenvalue weighted by molar-refractivity contribution is 6.38. The average Bonchev–Trinajstić information content (AvgIpc) is 2.99. The summed E-state index contributed by atoms with van der Waals surface area (Å²) >= 11 is 6.43. The third-order valence-corrected chi connectivity index (χ3v) is 4.44. The number of carbonyl (C=O) groups excluding carboxylic acids is 1. The molecule has 0 bridgehead atoms. The highest BCUT2D eigenvalue weighted by Crippen LogP contribution is 2.29. The van der Waals surface area contributed by atoms with E-state index in [4.69, 9.17) is 11.6 Å². The Morgan fingerprint density at radius 3 is 2.85 bits per heavy atom. The van der Waals surface area contributed by atoms with Gasteiger partial charge < -0.3 is 9.88 Å². The normalized spacial score (nSPS) is 15.9. The lowest BCUT2D eigenvalue weighted by Gasteiger charge is -2.13. The minimum absolute atomic E-state index is 0.112. The van der Waals surface area contributed by atoms with Crippen LogP contribution in [0.3, 0.4) is 0 Å². The lowest BCUT2D eigenvalue weighted by atomic mass is 10.1. The molecule has 0 unspecified atom stereocenters. The summed E-state index contributed by atoms with van der Waals surface area (Å²) in [6.45, 7) is 1.98.